The largest absolute Gasteiger partial charge is 0.507 e. The summed E-state index contributed by atoms with van der Waals surface area (Å²) in [6, 6.07) is 5.14. The summed E-state index contributed by atoms with van der Waals surface area (Å²) in [5, 5.41) is 18.9. The summed E-state index contributed by atoms with van der Waals surface area (Å²) in [7, 11) is 0. The molecule has 1 rings (SSSR count). The van der Waals surface area contributed by atoms with Gasteiger partial charge in [0, 0.05) is 24.2 Å². The van der Waals surface area contributed by atoms with E-state index in [-0.39, 0.29) is 11.3 Å². The van der Waals surface area contributed by atoms with Gasteiger partial charge in [-0.1, -0.05) is 6.58 Å². The van der Waals surface area contributed by atoms with Gasteiger partial charge in [-0.2, -0.15) is 0 Å². The third-order valence-corrected chi connectivity index (χ3v) is 3.62. The van der Waals surface area contributed by atoms with Gasteiger partial charge < -0.3 is 10.2 Å². The van der Waals surface area contributed by atoms with Gasteiger partial charge >= 0.3 is 5.97 Å². The number of benzene rings is 1. The van der Waals surface area contributed by atoms with Crippen molar-refractivity contribution in [2.24, 2.45) is 0 Å². The van der Waals surface area contributed by atoms with Crippen molar-refractivity contribution in [3.8, 4) is 5.75 Å². The van der Waals surface area contributed by atoms with E-state index in [1.165, 1.54) is 18.2 Å². The van der Waals surface area contributed by atoms with Crippen molar-refractivity contribution in [2.45, 2.75) is 46.2 Å². The zero-order valence-corrected chi connectivity index (χ0v) is 13.3. The molecule has 2 N–H and O–H groups in total. The zero-order chi connectivity index (χ0) is 16.2. The van der Waals surface area contributed by atoms with Crippen LogP contribution in [0.1, 0.15) is 50.0 Å². The van der Waals surface area contributed by atoms with E-state index in [4.69, 9.17) is 5.11 Å². The van der Waals surface area contributed by atoms with Crippen LogP contribution in [0.4, 0.5) is 0 Å². The molecule has 0 heterocycles. The van der Waals surface area contributed by atoms with Crippen molar-refractivity contribution in [2.75, 3.05) is 6.54 Å². The highest BCUT2D eigenvalue weighted by molar-refractivity contribution is 5.89. The molecule has 116 valence electrons. The Balaban J connectivity index is 2.84. The number of aromatic carboxylic acids is 1. The minimum atomic E-state index is -1.00. The van der Waals surface area contributed by atoms with E-state index in [0.717, 1.165) is 12.1 Å². The van der Waals surface area contributed by atoms with Crippen molar-refractivity contribution in [3.05, 3.63) is 35.9 Å². The first-order valence-corrected chi connectivity index (χ1v) is 7.24. The molecule has 0 aliphatic carbocycles. The van der Waals surface area contributed by atoms with Gasteiger partial charge in [0.2, 0.25) is 0 Å². The van der Waals surface area contributed by atoms with Crippen LogP contribution in [-0.2, 0) is 0 Å². The van der Waals surface area contributed by atoms with E-state index in [2.05, 4.69) is 39.2 Å². The number of hydrogen-bond acceptors (Lipinski definition) is 3. The highest BCUT2D eigenvalue weighted by Crippen LogP contribution is 2.28. The number of carboxylic acids is 1. The van der Waals surface area contributed by atoms with E-state index in [1.54, 1.807) is 0 Å². The van der Waals surface area contributed by atoms with Crippen LogP contribution in [0.2, 0.25) is 0 Å². The summed E-state index contributed by atoms with van der Waals surface area (Å²) < 4.78 is 0. The summed E-state index contributed by atoms with van der Waals surface area (Å²) in [6.07, 6.45) is 0.687. The zero-order valence-electron chi connectivity index (χ0n) is 13.3. The third-order valence-electron chi connectivity index (χ3n) is 3.62. The minimum absolute atomic E-state index is 0.0747. The molecular weight excluding hydrogens is 266 g/mol. The lowest BCUT2D eigenvalue weighted by atomic mass is 10.00. The average molecular weight is 291 g/mol. The first kappa shape index (κ1) is 17.2. The molecule has 0 spiro atoms. The van der Waals surface area contributed by atoms with Crippen LogP contribution in [0, 0.1) is 0 Å². The molecule has 1 aromatic rings. The maximum Gasteiger partial charge on any atom is 0.335 e. The Morgan fingerprint density at radius 2 is 1.81 bits per heavy atom. The van der Waals surface area contributed by atoms with Gasteiger partial charge in [0.05, 0.1) is 5.56 Å². The monoisotopic (exact) mass is 291 g/mol. The van der Waals surface area contributed by atoms with Gasteiger partial charge in [0.15, 0.2) is 0 Å². The molecular formula is C17H25NO3. The summed E-state index contributed by atoms with van der Waals surface area (Å²) in [4.78, 5) is 13.3. The number of phenolic OH excluding ortho intramolecular Hbond substituents is 1. The molecule has 0 saturated heterocycles. The molecule has 0 atom stereocenters. The van der Waals surface area contributed by atoms with E-state index < -0.39 is 5.97 Å². The topological polar surface area (TPSA) is 60.8 Å². The molecule has 0 amide bonds. The Bertz CT molecular complexity index is 513. The fourth-order valence-corrected chi connectivity index (χ4v) is 2.46. The first-order valence-electron chi connectivity index (χ1n) is 7.24. The van der Waals surface area contributed by atoms with Crippen molar-refractivity contribution in [1.29, 1.82) is 0 Å². The smallest absolute Gasteiger partial charge is 0.335 e. The number of phenols is 1. The number of aromatic hydroxyl groups is 1. The Hall–Kier alpha value is -1.81. The number of carboxylic acid groups (broad SMARTS) is 1. The highest BCUT2D eigenvalue weighted by Gasteiger charge is 2.15. The fraction of sp³-hybridized carbons (Fsp3) is 0.471. The number of nitrogens with zero attached hydrogens (tertiary/aromatic N) is 1. The second-order valence-corrected chi connectivity index (χ2v) is 5.82. The predicted octanol–water partition coefficient (Wildman–Crippen LogP) is 3.61. The Labute approximate surface area is 126 Å². The molecule has 4 nitrogen and oxygen atoms in total. The van der Waals surface area contributed by atoms with Crippen LogP contribution >= 0.6 is 0 Å². The number of rotatable bonds is 7. The SMILES string of the molecule is C=C(CCN(C(C)C)C(C)C)c1cc(C(=O)O)ccc1O. The normalized spacial score (nSPS) is 11.4. The van der Waals surface area contributed by atoms with Crippen LogP contribution in [0.5, 0.6) is 5.75 Å². The van der Waals surface area contributed by atoms with Crippen molar-refractivity contribution in [3.63, 3.8) is 0 Å². The van der Waals surface area contributed by atoms with Crippen molar-refractivity contribution >= 4 is 11.5 Å². The maximum atomic E-state index is 11.0. The van der Waals surface area contributed by atoms with Crippen molar-refractivity contribution in [1.82, 2.24) is 4.90 Å². The molecule has 0 aliphatic rings. The van der Waals surface area contributed by atoms with E-state index >= 15 is 0 Å². The summed E-state index contributed by atoms with van der Waals surface area (Å²) in [6.45, 7) is 13.4. The van der Waals surface area contributed by atoms with Crippen LogP contribution in [0.15, 0.2) is 24.8 Å². The van der Waals surface area contributed by atoms with Crippen LogP contribution in [0.3, 0.4) is 0 Å². The maximum absolute atomic E-state index is 11.0. The lowest BCUT2D eigenvalue weighted by molar-refractivity contribution is 0.0697. The minimum Gasteiger partial charge on any atom is -0.507 e. The van der Waals surface area contributed by atoms with Crippen LogP contribution in [0.25, 0.3) is 5.57 Å². The third kappa shape index (κ3) is 4.60. The Kier molecular flexibility index (Phi) is 5.97. The summed E-state index contributed by atoms with van der Waals surface area (Å²) >= 11 is 0. The molecule has 0 fully saturated rings. The average Bonchev–Trinajstić information content (AvgIpc) is 2.37. The van der Waals surface area contributed by atoms with E-state index in [9.17, 15) is 9.90 Å². The van der Waals surface area contributed by atoms with Crippen molar-refractivity contribution < 1.29 is 15.0 Å². The molecule has 0 aromatic heterocycles. The quantitative estimate of drug-likeness (QED) is 0.805. The fourth-order valence-electron chi connectivity index (χ4n) is 2.46. The highest BCUT2D eigenvalue weighted by atomic mass is 16.4. The molecule has 0 bridgehead atoms. The van der Waals surface area contributed by atoms with Gasteiger partial charge in [-0.05, 0) is 57.9 Å². The van der Waals surface area contributed by atoms with Gasteiger partial charge in [-0.3, -0.25) is 4.90 Å². The number of carbonyl (C=O) groups is 1. The predicted molar refractivity (Wildman–Crippen MR) is 85.7 cm³/mol. The standard InChI is InChI=1S/C17H25NO3/c1-11(2)18(12(3)4)9-8-13(5)15-10-14(17(20)21)6-7-16(15)19/h6-7,10-12,19H,5,8-9H2,1-4H3,(H,20,21). The lowest BCUT2D eigenvalue weighted by Gasteiger charge is -2.30. The molecule has 21 heavy (non-hydrogen) atoms. The molecule has 4 heteroatoms. The van der Waals surface area contributed by atoms with Crippen LogP contribution < -0.4 is 0 Å². The molecule has 0 unspecified atom stereocenters. The molecule has 0 aliphatic heterocycles. The number of hydrogen-bond donors (Lipinski definition) is 2. The van der Waals surface area contributed by atoms with E-state index in [0.29, 0.717) is 24.1 Å². The second-order valence-electron chi connectivity index (χ2n) is 5.82. The van der Waals surface area contributed by atoms with Gasteiger partial charge in [-0.25, -0.2) is 4.79 Å². The van der Waals surface area contributed by atoms with Gasteiger partial charge in [0.1, 0.15) is 5.75 Å². The Morgan fingerprint density at radius 1 is 1.24 bits per heavy atom. The van der Waals surface area contributed by atoms with E-state index in [1.807, 2.05) is 0 Å². The molecule has 0 radical (unpaired) electrons. The molecule has 1 aromatic carbocycles. The lowest BCUT2D eigenvalue weighted by Crippen LogP contribution is -2.37. The first-order chi connectivity index (χ1) is 9.73. The summed E-state index contributed by atoms with van der Waals surface area (Å²) in [5.74, 6) is -0.930. The second kappa shape index (κ2) is 7.27. The Morgan fingerprint density at radius 3 is 2.29 bits per heavy atom. The molecule has 0 saturated carbocycles. The van der Waals surface area contributed by atoms with Gasteiger partial charge in [-0.15, -0.1) is 0 Å². The van der Waals surface area contributed by atoms with Gasteiger partial charge in [0.25, 0.3) is 0 Å². The van der Waals surface area contributed by atoms with Crippen LogP contribution in [-0.4, -0.2) is 39.7 Å². The summed E-state index contributed by atoms with van der Waals surface area (Å²) in [5.41, 5.74) is 1.43.